The van der Waals surface area contributed by atoms with Crippen LogP contribution >= 0.6 is 0 Å². The van der Waals surface area contributed by atoms with Crippen molar-refractivity contribution in [1.82, 2.24) is 14.9 Å². The van der Waals surface area contributed by atoms with Gasteiger partial charge in [-0.05, 0) is 37.8 Å². The lowest BCUT2D eigenvalue weighted by atomic mass is 10.1. The first-order chi connectivity index (χ1) is 10.7. The lowest BCUT2D eigenvalue weighted by molar-refractivity contribution is -0.123. The van der Waals surface area contributed by atoms with Crippen LogP contribution in [0.25, 0.3) is 11.0 Å². The fourth-order valence-electron chi connectivity index (χ4n) is 3.30. The minimum absolute atomic E-state index is 0.265. The number of benzene rings is 1. The highest BCUT2D eigenvalue weighted by molar-refractivity contribution is 5.81. The van der Waals surface area contributed by atoms with Crippen LogP contribution in [-0.2, 0) is 11.8 Å². The number of para-hydroxylation sites is 2. The third-order valence-electron chi connectivity index (χ3n) is 4.84. The van der Waals surface area contributed by atoms with E-state index in [9.17, 15) is 4.79 Å². The van der Waals surface area contributed by atoms with E-state index >= 15 is 0 Å². The van der Waals surface area contributed by atoms with E-state index in [2.05, 4.69) is 34.0 Å². The molecule has 2 aliphatic rings. The Labute approximate surface area is 130 Å². The predicted octanol–water partition coefficient (Wildman–Crippen LogP) is 2.07. The van der Waals surface area contributed by atoms with E-state index in [1.54, 1.807) is 0 Å². The average Bonchev–Trinajstić information content (AvgIpc) is 3.34. The number of carbonyl (C=O) groups excluding carboxylic acids is 1. The van der Waals surface area contributed by atoms with Gasteiger partial charge in [-0.2, -0.15) is 0 Å². The van der Waals surface area contributed by atoms with Crippen LogP contribution in [0.4, 0.5) is 5.95 Å². The van der Waals surface area contributed by atoms with Crippen LogP contribution in [0.15, 0.2) is 24.3 Å². The number of nitrogens with zero attached hydrogens (tertiary/aromatic N) is 3. The molecule has 2 fully saturated rings. The van der Waals surface area contributed by atoms with E-state index in [0.717, 1.165) is 50.2 Å². The smallest absolute Gasteiger partial charge is 0.223 e. The topological polar surface area (TPSA) is 50.2 Å². The molecule has 1 saturated carbocycles. The van der Waals surface area contributed by atoms with Gasteiger partial charge in [0.2, 0.25) is 11.9 Å². The van der Waals surface area contributed by atoms with Crippen LogP contribution in [0.3, 0.4) is 0 Å². The van der Waals surface area contributed by atoms with Gasteiger partial charge >= 0.3 is 0 Å². The number of aryl methyl sites for hydroxylation is 1. The Morgan fingerprint density at radius 3 is 2.59 bits per heavy atom. The first-order valence-electron chi connectivity index (χ1n) is 8.19. The highest BCUT2D eigenvalue weighted by atomic mass is 16.2. The fraction of sp³-hybridized carbons (Fsp3) is 0.529. The molecule has 1 saturated heterocycles. The Hall–Kier alpha value is -2.04. The summed E-state index contributed by atoms with van der Waals surface area (Å²) in [6.07, 6.45) is 4.15. The monoisotopic (exact) mass is 298 g/mol. The van der Waals surface area contributed by atoms with E-state index in [1.165, 1.54) is 5.52 Å². The summed E-state index contributed by atoms with van der Waals surface area (Å²) < 4.78 is 2.17. The summed E-state index contributed by atoms with van der Waals surface area (Å²) in [5.41, 5.74) is 2.21. The normalized spacial score (nSPS) is 19.6. The molecule has 22 heavy (non-hydrogen) atoms. The molecule has 2 heterocycles. The molecule has 4 rings (SSSR count). The summed E-state index contributed by atoms with van der Waals surface area (Å²) >= 11 is 0. The van der Waals surface area contributed by atoms with Crippen LogP contribution in [0, 0.1) is 5.92 Å². The number of hydrogen-bond donors (Lipinski definition) is 1. The van der Waals surface area contributed by atoms with Crippen molar-refractivity contribution in [3.05, 3.63) is 24.3 Å². The fourth-order valence-corrected chi connectivity index (χ4v) is 3.30. The minimum Gasteiger partial charge on any atom is -0.353 e. The van der Waals surface area contributed by atoms with Crippen molar-refractivity contribution in [1.29, 1.82) is 0 Å². The van der Waals surface area contributed by atoms with Crippen molar-refractivity contribution in [3.63, 3.8) is 0 Å². The lowest BCUT2D eigenvalue weighted by Gasteiger charge is -2.33. The quantitative estimate of drug-likeness (QED) is 0.944. The third kappa shape index (κ3) is 2.45. The average molecular weight is 298 g/mol. The summed E-state index contributed by atoms with van der Waals surface area (Å²) in [5.74, 6) is 1.60. The number of anilines is 1. The van der Waals surface area contributed by atoms with Crippen molar-refractivity contribution in [2.75, 3.05) is 18.0 Å². The van der Waals surface area contributed by atoms with Gasteiger partial charge in [-0.25, -0.2) is 4.98 Å². The predicted molar refractivity (Wildman–Crippen MR) is 86.8 cm³/mol. The maximum Gasteiger partial charge on any atom is 0.223 e. The molecule has 1 aromatic heterocycles. The molecule has 0 bridgehead atoms. The zero-order valence-corrected chi connectivity index (χ0v) is 13.0. The van der Waals surface area contributed by atoms with Gasteiger partial charge in [0.05, 0.1) is 11.0 Å². The molecule has 0 radical (unpaired) electrons. The molecule has 1 amide bonds. The Bertz CT molecular complexity index is 696. The second-order valence-corrected chi connectivity index (χ2v) is 6.50. The molecule has 1 aliphatic heterocycles. The van der Waals surface area contributed by atoms with Gasteiger partial charge < -0.3 is 14.8 Å². The van der Waals surface area contributed by atoms with Gasteiger partial charge in [-0.15, -0.1) is 0 Å². The van der Waals surface area contributed by atoms with E-state index < -0.39 is 0 Å². The third-order valence-corrected chi connectivity index (χ3v) is 4.84. The van der Waals surface area contributed by atoms with Gasteiger partial charge in [0.1, 0.15) is 0 Å². The van der Waals surface area contributed by atoms with Crippen molar-refractivity contribution in [3.8, 4) is 0 Å². The molecule has 1 aliphatic carbocycles. The number of aromatic nitrogens is 2. The summed E-state index contributed by atoms with van der Waals surface area (Å²) in [4.78, 5) is 19.0. The Morgan fingerprint density at radius 2 is 1.91 bits per heavy atom. The summed E-state index contributed by atoms with van der Waals surface area (Å²) in [6, 6.07) is 8.57. The van der Waals surface area contributed by atoms with Gasteiger partial charge in [0, 0.05) is 32.1 Å². The number of imidazole rings is 1. The molecule has 5 nitrogen and oxygen atoms in total. The molecule has 1 N–H and O–H groups in total. The lowest BCUT2D eigenvalue weighted by Crippen LogP contribution is -2.45. The minimum atomic E-state index is 0.265. The van der Waals surface area contributed by atoms with E-state index in [-0.39, 0.29) is 5.91 Å². The highest BCUT2D eigenvalue weighted by Gasteiger charge is 2.32. The van der Waals surface area contributed by atoms with E-state index in [1.807, 2.05) is 12.1 Å². The summed E-state index contributed by atoms with van der Waals surface area (Å²) in [5, 5.41) is 3.20. The number of hydrogen-bond acceptors (Lipinski definition) is 3. The zero-order valence-electron chi connectivity index (χ0n) is 13.0. The molecular weight excluding hydrogens is 276 g/mol. The highest BCUT2D eigenvalue weighted by Crippen LogP contribution is 2.29. The molecule has 0 atom stereocenters. The second-order valence-electron chi connectivity index (χ2n) is 6.50. The number of carbonyl (C=O) groups is 1. The number of rotatable bonds is 3. The van der Waals surface area contributed by atoms with Crippen molar-refractivity contribution >= 4 is 22.9 Å². The number of nitrogens with one attached hydrogen (secondary N) is 1. The summed E-state index contributed by atoms with van der Waals surface area (Å²) in [7, 11) is 2.08. The van der Waals surface area contributed by atoms with Crippen LogP contribution in [0.5, 0.6) is 0 Å². The molecule has 2 aromatic rings. The molecular formula is C17H22N4O. The zero-order chi connectivity index (χ0) is 15.1. The second kappa shape index (κ2) is 5.30. The first kappa shape index (κ1) is 13.6. The summed E-state index contributed by atoms with van der Waals surface area (Å²) in [6.45, 7) is 1.90. The van der Waals surface area contributed by atoms with Crippen molar-refractivity contribution in [2.24, 2.45) is 13.0 Å². The van der Waals surface area contributed by atoms with Crippen molar-refractivity contribution < 1.29 is 4.79 Å². The van der Waals surface area contributed by atoms with Gasteiger partial charge in [-0.3, -0.25) is 4.79 Å². The standard InChI is InChI=1S/C17H22N4O/c1-20-15-5-3-2-4-14(15)19-17(20)21-10-8-13(9-11-21)18-16(22)12-6-7-12/h2-5,12-13H,6-11H2,1H3,(H,18,22). The maximum atomic E-state index is 11.9. The Morgan fingerprint density at radius 1 is 1.18 bits per heavy atom. The van der Waals surface area contributed by atoms with Crippen LogP contribution < -0.4 is 10.2 Å². The van der Waals surface area contributed by atoms with Crippen LogP contribution in [0.2, 0.25) is 0 Å². The molecule has 0 unspecified atom stereocenters. The van der Waals surface area contributed by atoms with Crippen molar-refractivity contribution in [2.45, 2.75) is 31.7 Å². The molecule has 0 spiro atoms. The number of amides is 1. The van der Waals surface area contributed by atoms with E-state index in [0.29, 0.717) is 12.0 Å². The number of piperidine rings is 1. The Balaban J connectivity index is 1.43. The SMILES string of the molecule is Cn1c(N2CCC(NC(=O)C3CC3)CC2)nc2ccccc21. The number of fused-ring (bicyclic) bond motifs is 1. The van der Waals surface area contributed by atoms with Gasteiger partial charge in [0.25, 0.3) is 0 Å². The largest absolute Gasteiger partial charge is 0.353 e. The van der Waals surface area contributed by atoms with Gasteiger partial charge in [-0.1, -0.05) is 12.1 Å². The maximum absolute atomic E-state index is 11.9. The van der Waals surface area contributed by atoms with Crippen LogP contribution in [-0.4, -0.2) is 34.6 Å². The Kier molecular flexibility index (Phi) is 3.28. The van der Waals surface area contributed by atoms with Crippen LogP contribution in [0.1, 0.15) is 25.7 Å². The molecule has 116 valence electrons. The molecule has 5 heteroatoms. The van der Waals surface area contributed by atoms with E-state index in [4.69, 9.17) is 4.98 Å². The molecule has 1 aromatic carbocycles. The van der Waals surface area contributed by atoms with Gasteiger partial charge in [0.15, 0.2) is 0 Å². The first-order valence-corrected chi connectivity index (χ1v) is 8.19.